The number of esters is 1. The van der Waals surface area contributed by atoms with Crippen molar-refractivity contribution in [3.05, 3.63) is 94.9 Å². The lowest BCUT2D eigenvalue weighted by molar-refractivity contribution is -0.120. The smallest absolute Gasteiger partial charge is 0.340 e. The molecule has 0 saturated heterocycles. The summed E-state index contributed by atoms with van der Waals surface area (Å²) in [5.74, 6) is -2.72. The molecule has 3 aromatic heterocycles. The second-order valence-electron chi connectivity index (χ2n) is 8.57. The van der Waals surface area contributed by atoms with Crippen LogP contribution in [0.2, 0.25) is 5.02 Å². The molecular formula is C27H20ClFN6O5. The van der Waals surface area contributed by atoms with Crippen LogP contribution in [-0.2, 0) is 16.1 Å². The number of pyridine rings is 2. The lowest BCUT2D eigenvalue weighted by Gasteiger charge is -2.19. The van der Waals surface area contributed by atoms with Crippen LogP contribution in [0, 0.1) is 5.82 Å². The van der Waals surface area contributed by atoms with Gasteiger partial charge in [-0.05, 0) is 17.7 Å². The minimum Gasteiger partial charge on any atom is -0.487 e. The van der Waals surface area contributed by atoms with E-state index in [-0.39, 0.29) is 52.6 Å². The Morgan fingerprint density at radius 3 is 2.70 bits per heavy atom. The molecule has 1 aliphatic rings. The molecule has 0 aliphatic carbocycles. The van der Waals surface area contributed by atoms with Gasteiger partial charge in [0.2, 0.25) is 5.82 Å². The summed E-state index contributed by atoms with van der Waals surface area (Å²) in [7, 11) is 1.45. The fourth-order valence-corrected chi connectivity index (χ4v) is 4.01. The molecular weight excluding hydrogens is 543 g/mol. The number of fused-ring (bicyclic) bond motifs is 1. The fourth-order valence-electron chi connectivity index (χ4n) is 3.82. The monoisotopic (exact) mass is 562 g/mol. The number of nitrogens with one attached hydrogen (secondary N) is 1. The second kappa shape index (κ2) is 11.4. The van der Waals surface area contributed by atoms with Crippen LogP contribution in [0.1, 0.15) is 26.5 Å². The van der Waals surface area contributed by atoms with Crippen LogP contribution in [-0.4, -0.2) is 57.4 Å². The van der Waals surface area contributed by atoms with Crippen molar-refractivity contribution in [1.82, 2.24) is 25.3 Å². The maximum Gasteiger partial charge on any atom is 0.340 e. The topological polar surface area (TPSA) is 136 Å². The summed E-state index contributed by atoms with van der Waals surface area (Å²) < 4.78 is 25.3. The van der Waals surface area contributed by atoms with Gasteiger partial charge in [-0.25, -0.2) is 24.1 Å². The maximum absolute atomic E-state index is 14.2. The Morgan fingerprint density at radius 2 is 1.93 bits per heavy atom. The van der Waals surface area contributed by atoms with E-state index in [9.17, 15) is 18.8 Å². The van der Waals surface area contributed by atoms with Gasteiger partial charge < -0.3 is 14.8 Å². The number of halogens is 2. The van der Waals surface area contributed by atoms with E-state index in [2.05, 4.69) is 25.3 Å². The zero-order valence-electron chi connectivity index (χ0n) is 20.9. The van der Waals surface area contributed by atoms with Gasteiger partial charge in [-0.1, -0.05) is 41.9 Å². The number of aromatic nitrogens is 4. The van der Waals surface area contributed by atoms with Crippen LogP contribution >= 0.6 is 11.6 Å². The zero-order chi connectivity index (χ0) is 28.2. The van der Waals surface area contributed by atoms with Crippen molar-refractivity contribution in [2.24, 2.45) is 0 Å². The molecule has 40 heavy (non-hydrogen) atoms. The van der Waals surface area contributed by atoms with E-state index in [0.29, 0.717) is 0 Å². The summed E-state index contributed by atoms with van der Waals surface area (Å²) in [5.41, 5.74) is 0.712. The first kappa shape index (κ1) is 26.6. The van der Waals surface area contributed by atoms with Gasteiger partial charge in [0.05, 0.1) is 16.8 Å². The largest absolute Gasteiger partial charge is 0.487 e. The van der Waals surface area contributed by atoms with Gasteiger partial charge in [0.25, 0.3) is 11.8 Å². The van der Waals surface area contributed by atoms with E-state index >= 15 is 0 Å². The SMILES string of the molecule is CN1C(=O)C(NC(=O)c2ncc(Cl)c(-c3ncccc3F)n2)COc2cc(C(=O)OCc3ccccc3)cnc21. The van der Waals surface area contributed by atoms with Gasteiger partial charge in [-0.2, -0.15) is 0 Å². The van der Waals surface area contributed by atoms with Crippen molar-refractivity contribution >= 4 is 35.2 Å². The van der Waals surface area contributed by atoms with Crippen molar-refractivity contribution in [2.75, 3.05) is 18.6 Å². The Morgan fingerprint density at radius 1 is 1.12 bits per heavy atom. The van der Waals surface area contributed by atoms with Crippen LogP contribution in [0.4, 0.5) is 10.2 Å². The fraction of sp³-hybridized carbons (Fsp3) is 0.148. The summed E-state index contributed by atoms with van der Waals surface area (Å²) in [6.07, 6.45) is 3.77. The van der Waals surface area contributed by atoms with E-state index in [1.807, 2.05) is 30.3 Å². The normalized spacial score (nSPS) is 14.5. The van der Waals surface area contributed by atoms with Crippen LogP contribution < -0.4 is 15.0 Å². The first-order valence-electron chi connectivity index (χ1n) is 11.9. The molecule has 2 amide bonds. The third-order valence-corrected chi connectivity index (χ3v) is 6.15. The maximum atomic E-state index is 14.2. The molecule has 1 aromatic carbocycles. The van der Waals surface area contributed by atoms with Crippen LogP contribution in [0.5, 0.6) is 5.75 Å². The van der Waals surface area contributed by atoms with Crippen LogP contribution in [0.3, 0.4) is 0 Å². The molecule has 0 saturated carbocycles. The average Bonchev–Trinajstić information content (AvgIpc) is 3.08. The molecule has 0 bridgehead atoms. The van der Waals surface area contributed by atoms with Crippen molar-refractivity contribution in [2.45, 2.75) is 12.6 Å². The lowest BCUT2D eigenvalue weighted by Crippen LogP contribution is -2.49. The Hall–Kier alpha value is -4.97. The molecule has 0 spiro atoms. The van der Waals surface area contributed by atoms with Gasteiger partial charge >= 0.3 is 5.97 Å². The highest BCUT2D eigenvalue weighted by molar-refractivity contribution is 6.32. The number of likely N-dealkylation sites (N-methyl/N-ethyl adjacent to an activating group) is 1. The molecule has 1 atom stereocenters. The summed E-state index contributed by atoms with van der Waals surface area (Å²) in [6.45, 7) is -0.201. The number of carbonyl (C=O) groups is 3. The highest BCUT2D eigenvalue weighted by Gasteiger charge is 2.33. The molecule has 11 nitrogen and oxygen atoms in total. The minimum atomic E-state index is -1.16. The summed E-state index contributed by atoms with van der Waals surface area (Å²) >= 11 is 6.12. The first-order valence-corrected chi connectivity index (χ1v) is 12.3. The Labute approximate surface area is 232 Å². The zero-order valence-corrected chi connectivity index (χ0v) is 21.6. The second-order valence-corrected chi connectivity index (χ2v) is 8.97. The van der Waals surface area contributed by atoms with E-state index in [1.165, 1.54) is 42.5 Å². The predicted octanol–water partition coefficient (Wildman–Crippen LogP) is 3.24. The number of ether oxygens (including phenoxy) is 2. The number of anilines is 1. The standard InChI is InChI=1S/C27H20ClFN6O5/c1-35-24-20(10-16(11-32-24)27(38)40-13-15-6-3-2-4-7-15)39-14-19(26(35)37)33-25(36)23-31-12-17(28)21(34-23)22-18(29)8-5-9-30-22/h2-12,19H,13-14H2,1H3,(H,33,36). The molecule has 4 heterocycles. The third-order valence-electron chi connectivity index (χ3n) is 5.87. The minimum absolute atomic E-state index is 0.0117. The molecule has 0 radical (unpaired) electrons. The first-order chi connectivity index (χ1) is 19.3. The van der Waals surface area contributed by atoms with E-state index < -0.39 is 29.6 Å². The van der Waals surface area contributed by atoms with E-state index in [4.69, 9.17) is 21.1 Å². The summed E-state index contributed by atoms with van der Waals surface area (Å²) in [4.78, 5) is 55.9. The number of rotatable bonds is 6. The van der Waals surface area contributed by atoms with Gasteiger partial charge in [0, 0.05) is 25.5 Å². The molecule has 1 N–H and O–H groups in total. The highest BCUT2D eigenvalue weighted by atomic mass is 35.5. The van der Waals surface area contributed by atoms with Crippen molar-refractivity contribution in [3.63, 3.8) is 0 Å². The van der Waals surface area contributed by atoms with Gasteiger partial charge in [-0.3, -0.25) is 19.5 Å². The predicted molar refractivity (Wildman–Crippen MR) is 140 cm³/mol. The van der Waals surface area contributed by atoms with Gasteiger partial charge in [-0.15, -0.1) is 0 Å². The summed E-state index contributed by atoms with van der Waals surface area (Å²) in [6, 6.07) is 12.0. The molecule has 5 rings (SSSR count). The Bertz CT molecular complexity index is 1610. The number of nitrogens with zero attached hydrogens (tertiary/aromatic N) is 5. The molecule has 1 unspecified atom stereocenters. The molecule has 0 fully saturated rings. The van der Waals surface area contributed by atoms with Crippen molar-refractivity contribution < 1.29 is 28.2 Å². The van der Waals surface area contributed by atoms with Crippen LogP contribution in [0.25, 0.3) is 11.4 Å². The quantitative estimate of drug-likeness (QED) is 0.351. The molecule has 1 aliphatic heterocycles. The highest BCUT2D eigenvalue weighted by Crippen LogP contribution is 2.30. The van der Waals surface area contributed by atoms with Crippen molar-refractivity contribution in [1.29, 1.82) is 0 Å². The van der Waals surface area contributed by atoms with E-state index in [1.54, 1.807) is 0 Å². The number of hydrogen-bond donors (Lipinski definition) is 1. The molecule has 202 valence electrons. The van der Waals surface area contributed by atoms with E-state index in [0.717, 1.165) is 11.8 Å². The number of amides is 2. The van der Waals surface area contributed by atoms with Crippen molar-refractivity contribution in [3.8, 4) is 17.1 Å². The van der Waals surface area contributed by atoms with Gasteiger partial charge in [0.15, 0.2) is 17.4 Å². The number of hydrogen-bond acceptors (Lipinski definition) is 9. The third kappa shape index (κ3) is 5.57. The number of carbonyl (C=O) groups excluding carboxylic acids is 3. The van der Waals surface area contributed by atoms with Gasteiger partial charge in [0.1, 0.15) is 30.6 Å². The lowest BCUT2D eigenvalue weighted by atomic mass is 10.2. The summed E-state index contributed by atoms with van der Waals surface area (Å²) in [5, 5.41) is 2.51. The van der Waals surface area contributed by atoms with Crippen LogP contribution in [0.15, 0.2) is 67.1 Å². The Kier molecular flexibility index (Phi) is 7.60. The Balaban J connectivity index is 1.30. The molecule has 4 aromatic rings. The average molecular weight is 563 g/mol. The number of benzene rings is 1. The molecule has 13 heteroatoms.